The lowest BCUT2D eigenvalue weighted by molar-refractivity contribution is 0.283. The molecule has 100 valence electrons. The van der Waals surface area contributed by atoms with Crippen molar-refractivity contribution in [3.63, 3.8) is 0 Å². The number of aliphatic hydroxyl groups is 1. The minimum Gasteiger partial charge on any atom is -0.399 e. The zero-order chi connectivity index (χ0) is 10.9. The van der Waals surface area contributed by atoms with Gasteiger partial charge < -0.3 is 16.2 Å². The molecule has 0 atom stereocenters. The van der Waals surface area contributed by atoms with Crippen LogP contribution in [0.25, 0.3) is 0 Å². The van der Waals surface area contributed by atoms with Gasteiger partial charge in [-0.3, -0.25) is 0 Å². The lowest BCUT2D eigenvalue weighted by Crippen LogP contribution is -2.01. The molecule has 0 unspecified atom stereocenters. The number of hydrogen-bond donors (Lipinski definition) is 3. The first-order valence-corrected chi connectivity index (χ1v) is 5.53. The van der Waals surface area contributed by atoms with Crippen LogP contribution in [0.4, 0.5) is 11.4 Å². The Kier molecular flexibility index (Phi) is 13.0. The quantitative estimate of drug-likeness (QED) is 0.531. The van der Waals surface area contributed by atoms with Gasteiger partial charge in [0.2, 0.25) is 0 Å². The molecular formula is C12H22Cl2N2O. The van der Waals surface area contributed by atoms with Crippen molar-refractivity contribution in [1.29, 1.82) is 0 Å². The molecule has 1 aromatic carbocycles. The van der Waals surface area contributed by atoms with E-state index in [0.29, 0.717) is 6.61 Å². The molecule has 17 heavy (non-hydrogen) atoms. The molecule has 0 aliphatic heterocycles. The molecule has 0 spiro atoms. The van der Waals surface area contributed by atoms with Gasteiger partial charge in [-0.05, 0) is 37.1 Å². The van der Waals surface area contributed by atoms with Crippen LogP contribution in [0.2, 0.25) is 0 Å². The lowest BCUT2D eigenvalue weighted by Gasteiger charge is -2.06. The van der Waals surface area contributed by atoms with E-state index in [9.17, 15) is 0 Å². The van der Waals surface area contributed by atoms with E-state index in [-0.39, 0.29) is 24.8 Å². The number of nitrogens with one attached hydrogen (secondary N) is 1. The lowest BCUT2D eigenvalue weighted by atomic mass is 10.2. The molecule has 0 aliphatic rings. The molecule has 4 N–H and O–H groups in total. The van der Waals surface area contributed by atoms with Crippen molar-refractivity contribution < 1.29 is 5.11 Å². The normalized spacial score (nSPS) is 9.00. The van der Waals surface area contributed by atoms with E-state index >= 15 is 0 Å². The highest BCUT2D eigenvalue weighted by Crippen LogP contribution is 2.10. The Morgan fingerprint density at radius 3 is 2.12 bits per heavy atom. The molecule has 5 heteroatoms. The van der Waals surface area contributed by atoms with Crippen LogP contribution in [0.3, 0.4) is 0 Å². The fourth-order valence-electron chi connectivity index (χ4n) is 1.42. The van der Waals surface area contributed by atoms with E-state index in [1.165, 1.54) is 6.42 Å². The van der Waals surface area contributed by atoms with E-state index in [1.807, 2.05) is 24.3 Å². The molecule has 3 nitrogen and oxygen atoms in total. The zero-order valence-electron chi connectivity index (χ0n) is 9.89. The Hall–Kier alpha value is -0.640. The smallest absolute Gasteiger partial charge is 0.0431 e. The summed E-state index contributed by atoms with van der Waals surface area (Å²) in [6.07, 6.45) is 4.34. The molecule has 1 aromatic rings. The number of nitrogens with two attached hydrogens (primary N) is 1. The Morgan fingerprint density at radius 2 is 1.53 bits per heavy atom. The second-order valence-corrected chi connectivity index (χ2v) is 3.69. The number of unbranched alkanes of at least 4 members (excludes halogenated alkanes) is 3. The summed E-state index contributed by atoms with van der Waals surface area (Å²) in [5, 5.41) is 11.9. The minimum atomic E-state index is 0. The van der Waals surface area contributed by atoms with Gasteiger partial charge >= 0.3 is 0 Å². The molecule has 1 rings (SSSR count). The van der Waals surface area contributed by atoms with Gasteiger partial charge in [0, 0.05) is 24.5 Å². The Balaban J connectivity index is 0. The highest BCUT2D eigenvalue weighted by Gasteiger charge is 1.92. The number of anilines is 2. The molecule has 0 fully saturated rings. The standard InChI is InChI=1S/C12H20N2O.2ClH/c13-11-5-7-12(8-6-11)14-9-3-1-2-4-10-15;;/h5-8,14-15H,1-4,9-10,13H2;2*1H. The summed E-state index contributed by atoms with van der Waals surface area (Å²) >= 11 is 0. The maximum absolute atomic E-state index is 8.60. The van der Waals surface area contributed by atoms with Gasteiger partial charge in [-0.25, -0.2) is 0 Å². The molecule has 0 saturated carbocycles. The fourth-order valence-corrected chi connectivity index (χ4v) is 1.42. The van der Waals surface area contributed by atoms with E-state index in [0.717, 1.165) is 37.2 Å². The van der Waals surface area contributed by atoms with E-state index < -0.39 is 0 Å². The fraction of sp³-hybridized carbons (Fsp3) is 0.500. The minimum absolute atomic E-state index is 0. The summed E-state index contributed by atoms with van der Waals surface area (Å²) in [5.41, 5.74) is 7.50. The summed E-state index contributed by atoms with van der Waals surface area (Å²) in [6, 6.07) is 7.77. The largest absolute Gasteiger partial charge is 0.399 e. The van der Waals surface area contributed by atoms with Crippen molar-refractivity contribution in [3.05, 3.63) is 24.3 Å². The van der Waals surface area contributed by atoms with Gasteiger partial charge in [-0.15, -0.1) is 24.8 Å². The molecule has 0 saturated heterocycles. The number of aliphatic hydroxyl groups excluding tert-OH is 1. The predicted octanol–water partition coefficient (Wildman–Crippen LogP) is 3.08. The highest BCUT2D eigenvalue weighted by molar-refractivity contribution is 5.85. The van der Waals surface area contributed by atoms with Crippen LogP contribution in [0.5, 0.6) is 0 Å². The second kappa shape index (κ2) is 11.8. The number of halogens is 2. The van der Waals surface area contributed by atoms with E-state index in [2.05, 4.69) is 5.32 Å². The third-order valence-electron chi connectivity index (χ3n) is 2.32. The van der Waals surface area contributed by atoms with Gasteiger partial charge in [-0.2, -0.15) is 0 Å². The van der Waals surface area contributed by atoms with Crippen molar-refractivity contribution in [1.82, 2.24) is 0 Å². The van der Waals surface area contributed by atoms with E-state index in [1.54, 1.807) is 0 Å². The Labute approximate surface area is 116 Å². The van der Waals surface area contributed by atoms with Crippen molar-refractivity contribution in [2.45, 2.75) is 25.7 Å². The van der Waals surface area contributed by atoms with Gasteiger partial charge in [0.05, 0.1) is 0 Å². The van der Waals surface area contributed by atoms with Crippen molar-refractivity contribution in [2.75, 3.05) is 24.2 Å². The summed E-state index contributed by atoms with van der Waals surface area (Å²) < 4.78 is 0. The average Bonchev–Trinajstić information content (AvgIpc) is 2.26. The molecule has 0 radical (unpaired) electrons. The van der Waals surface area contributed by atoms with Gasteiger partial charge in [-0.1, -0.05) is 12.8 Å². The maximum Gasteiger partial charge on any atom is 0.0431 e. The number of nitrogen functional groups attached to an aromatic ring is 1. The van der Waals surface area contributed by atoms with Crippen LogP contribution >= 0.6 is 24.8 Å². The summed E-state index contributed by atoms with van der Waals surface area (Å²) in [7, 11) is 0. The summed E-state index contributed by atoms with van der Waals surface area (Å²) in [6.45, 7) is 1.29. The molecule has 0 amide bonds. The monoisotopic (exact) mass is 280 g/mol. The topological polar surface area (TPSA) is 58.3 Å². The Morgan fingerprint density at radius 1 is 0.941 bits per heavy atom. The number of hydrogen-bond acceptors (Lipinski definition) is 3. The first-order chi connectivity index (χ1) is 7.33. The van der Waals surface area contributed by atoms with Crippen LogP contribution in [0.1, 0.15) is 25.7 Å². The SMILES string of the molecule is Cl.Cl.Nc1ccc(NCCCCCCO)cc1. The number of rotatable bonds is 7. The average molecular weight is 281 g/mol. The number of benzene rings is 1. The third-order valence-corrected chi connectivity index (χ3v) is 2.32. The van der Waals surface area contributed by atoms with E-state index in [4.69, 9.17) is 10.8 Å². The maximum atomic E-state index is 8.60. The zero-order valence-corrected chi connectivity index (χ0v) is 11.5. The first kappa shape index (κ1) is 18.7. The summed E-state index contributed by atoms with van der Waals surface area (Å²) in [4.78, 5) is 0. The predicted molar refractivity (Wildman–Crippen MR) is 79.4 cm³/mol. The van der Waals surface area contributed by atoms with Crippen molar-refractivity contribution in [3.8, 4) is 0 Å². The van der Waals surface area contributed by atoms with Gasteiger partial charge in [0.25, 0.3) is 0 Å². The molecular weight excluding hydrogens is 259 g/mol. The highest BCUT2D eigenvalue weighted by atomic mass is 35.5. The van der Waals surface area contributed by atoms with Crippen LogP contribution in [-0.2, 0) is 0 Å². The van der Waals surface area contributed by atoms with Crippen LogP contribution in [0, 0.1) is 0 Å². The van der Waals surface area contributed by atoms with Crippen LogP contribution in [-0.4, -0.2) is 18.3 Å². The molecule has 0 heterocycles. The van der Waals surface area contributed by atoms with Gasteiger partial charge in [0.1, 0.15) is 0 Å². The molecule has 0 bridgehead atoms. The molecule has 0 aromatic heterocycles. The van der Waals surface area contributed by atoms with Crippen LogP contribution < -0.4 is 11.1 Å². The Bertz CT molecular complexity index is 268. The molecule has 0 aliphatic carbocycles. The third kappa shape index (κ3) is 9.10. The summed E-state index contributed by atoms with van der Waals surface area (Å²) in [5.74, 6) is 0. The second-order valence-electron chi connectivity index (χ2n) is 3.69. The first-order valence-electron chi connectivity index (χ1n) is 5.53. The van der Waals surface area contributed by atoms with Crippen molar-refractivity contribution in [2.24, 2.45) is 0 Å². The van der Waals surface area contributed by atoms with Gasteiger partial charge in [0.15, 0.2) is 0 Å². The van der Waals surface area contributed by atoms with Crippen molar-refractivity contribution >= 4 is 36.2 Å². The van der Waals surface area contributed by atoms with Crippen LogP contribution in [0.15, 0.2) is 24.3 Å².